The van der Waals surface area contributed by atoms with Gasteiger partial charge in [-0.2, -0.15) is 0 Å². The molecule has 4 rings (SSSR count). The summed E-state index contributed by atoms with van der Waals surface area (Å²) >= 11 is 1.49. The lowest BCUT2D eigenvalue weighted by Crippen LogP contribution is -2.55. The number of hydrogen-bond donors (Lipinski definition) is 0. The molecule has 0 N–H and O–H groups in total. The van der Waals surface area contributed by atoms with Gasteiger partial charge in [0.25, 0.3) is 5.56 Å². The van der Waals surface area contributed by atoms with Crippen molar-refractivity contribution in [3.05, 3.63) is 33.7 Å². The van der Waals surface area contributed by atoms with Gasteiger partial charge in [0, 0.05) is 43.4 Å². The van der Waals surface area contributed by atoms with Crippen LogP contribution in [-0.2, 0) is 16.0 Å². The van der Waals surface area contributed by atoms with Crippen LogP contribution in [-0.4, -0.2) is 52.8 Å². The summed E-state index contributed by atoms with van der Waals surface area (Å²) in [6, 6.07) is 2.01. The molecule has 0 aliphatic carbocycles. The smallest absolute Gasteiger partial charge is 0.258 e. The third-order valence-corrected chi connectivity index (χ3v) is 4.93. The van der Waals surface area contributed by atoms with Gasteiger partial charge in [-0.25, -0.2) is 4.98 Å². The van der Waals surface area contributed by atoms with Crippen LogP contribution in [0, 0.1) is 0 Å². The van der Waals surface area contributed by atoms with Gasteiger partial charge in [0.05, 0.1) is 25.0 Å². The quantitative estimate of drug-likeness (QED) is 0.819. The van der Waals surface area contributed by atoms with E-state index < -0.39 is 0 Å². The molecule has 4 heterocycles. The summed E-state index contributed by atoms with van der Waals surface area (Å²) in [6.07, 6.45) is 2.90. The molecule has 0 unspecified atom stereocenters. The molecule has 2 aliphatic rings. The molecule has 2 aromatic rings. The van der Waals surface area contributed by atoms with Gasteiger partial charge in [0.1, 0.15) is 0 Å². The lowest BCUT2D eigenvalue weighted by atomic mass is 10.0. The molecule has 0 spiro atoms. The predicted molar refractivity (Wildman–Crippen MR) is 78.7 cm³/mol. The van der Waals surface area contributed by atoms with Gasteiger partial charge in [-0.1, -0.05) is 0 Å². The fourth-order valence-corrected chi connectivity index (χ4v) is 3.88. The lowest BCUT2D eigenvalue weighted by molar-refractivity contribution is -0.137. The van der Waals surface area contributed by atoms with Crippen molar-refractivity contribution in [1.29, 1.82) is 0 Å². The van der Waals surface area contributed by atoms with Crippen LogP contribution in [0.4, 0.5) is 0 Å². The highest BCUT2D eigenvalue weighted by molar-refractivity contribution is 7.15. The van der Waals surface area contributed by atoms with E-state index in [1.165, 1.54) is 11.3 Å². The number of nitrogens with zero attached hydrogens (tertiary/aromatic N) is 3. The minimum Gasteiger partial charge on any atom is -0.379 e. The largest absolute Gasteiger partial charge is 0.379 e. The Kier molecular flexibility index (Phi) is 3.50. The zero-order valence-electron chi connectivity index (χ0n) is 11.6. The second-order valence-electron chi connectivity index (χ2n) is 5.45. The van der Waals surface area contributed by atoms with Gasteiger partial charge in [-0.05, 0) is 6.42 Å². The first kappa shape index (κ1) is 13.4. The van der Waals surface area contributed by atoms with Crippen LogP contribution < -0.4 is 5.56 Å². The third kappa shape index (κ3) is 2.50. The van der Waals surface area contributed by atoms with Crippen molar-refractivity contribution in [2.75, 3.05) is 26.4 Å². The fraction of sp³-hybridized carbons (Fsp3) is 0.571. The number of ether oxygens (including phenoxy) is 2. The molecule has 2 saturated heterocycles. The molecule has 0 radical (unpaired) electrons. The molecular weight excluding hydrogens is 290 g/mol. The Morgan fingerprint density at radius 3 is 3.33 bits per heavy atom. The summed E-state index contributed by atoms with van der Waals surface area (Å²) in [6.45, 7) is 3.74. The molecule has 7 heteroatoms. The van der Waals surface area contributed by atoms with Gasteiger partial charge >= 0.3 is 0 Å². The molecule has 2 aliphatic heterocycles. The highest BCUT2D eigenvalue weighted by Gasteiger charge is 2.34. The predicted octanol–water partition coefficient (Wildman–Crippen LogP) is 0.746. The highest BCUT2D eigenvalue weighted by Crippen LogP contribution is 2.23. The van der Waals surface area contributed by atoms with E-state index >= 15 is 0 Å². The van der Waals surface area contributed by atoms with Crippen LogP contribution in [0.2, 0.25) is 0 Å². The summed E-state index contributed by atoms with van der Waals surface area (Å²) in [4.78, 5) is 19.8. The maximum absolute atomic E-state index is 12.1. The van der Waals surface area contributed by atoms with E-state index in [4.69, 9.17) is 9.47 Å². The number of fused-ring (bicyclic) bond motifs is 2. The summed E-state index contributed by atoms with van der Waals surface area (Å²) in [5.74, 6) is 0. The zero-order chi connectivity index (χ0) is 14.2. The van der Waals surface area contributed by atoms with Crippen molar-refractivity contribution in [1.82, 2.24) is 14.3 Å². The zero-order valence-corrected chi connectivity index (χ0v) is 12.4. The van der Waals surface area contributed by atoms with Gasteiger partial charge in [-0.3, -0.25) is 14.1 Å². The van der Waals surface area contributed by atoms with Crippen molar-refractivity contribution < 1.29 is 9.47 Å². The number of rotatable bonds is 2. The molecule has 2 atom stereocenters. The first-order valence-electron chi connectivity index (χ1n) is 7.20. The van der Waals surface area contributed by atoms with Crippen molar-refractivity contribution in [2.24, 2.45) is 0 Å². The second-order valence-corrected chi connectivity index (χ2v) is 6.32. The standard InChI is InChI=1S/C14H17N3O3S/c18-13-7-10(15-14-17(13)3-6-21-14)8-16-2-5-20-12-9-19-4-1-11(12)16/h3,6-7,11-12H,1-2,4-5,8-9H2/t11-,12+/m0/s1. The van der Waals surface area contributed by atoms with Gasteiger partial charge < -0.3 is 9.47 Å². The van der Waals surface area contributed by atoms with Crippen LogP contribution >= 0.6 is 11.3 Å². The molecule has 2 fully saturated rings. The van der Waals surface area contributed by atoms with E-state index in [2.05, 4.69) is 9.88 Å². The van der Waals surface area contributed by atoms with Crippen molar-refractivity contribution in [3.63, 3.8) is 0 Å². The van der Waals surface area contributed by atoms with Crippen molar-refractivity contribution in [2.45, 2.75) is 25.1 Å². The average Bonchev–Trinajstić information content (AvgIpc) is 2.97. The SMILES string of the molecule is O=c1cc(CN2CCO[C@@H]3COCC[C@@H]32)nc2sccn12. The first-order valence-corrected chi connectivity index (χ1v) is 8.08. The van der Waals surface area contributed by atoms with Crippen LogP contribution in [0.5, 0.6) is 0 Å². The van der Waals surface area contributed by atoms with E-state index in [-0.39, 0.29) is 11.7 Å². The lowest BCUT2D eigenvalue weighted by Gasteiger charge is -2.43. The molecule has 0 amide bonds. The number of morpholine rings is 1. The molecule has 6 nitrogen and oxygen atoms in total. The van der Waals surface area contributed by atoms with Crippen molar-refractivity contribution in [3.8, 4) is 0 Å². The molecular formula is C14H17N3O3S. The third-order valence-electron chi connectivity index (χ3n) is 4.17. The monoisotopic (exact) mass is 307 g/mol. The summed E-state index contributed by atoms with van der Waals surface area (Å²) in [5.41, 5.74) is 0.836. The van der Waals surface area contributed by atoms with E-state index in [1.807, 2.05) is 5.38 Å². The second kappa shape index (κ2) is 5.49. The minimum absolute atomic E-state index is 0.00645. The van der Waals surface area contributed by atoms with E-state index in [0.29, 0.717) is 25.8 Å². The molecule has 0 saturated carbocycles. The van der Waals surface area contributed by atoms with Crippen LogP contribution in [0.25, 0.3) is 4.96 Å². The minimum atomic E-state index is -0.00645. The maximum Gasteiger partial charge on any atom is 0.258 e. The maximum atomic E-state index is 12.1. The first-order chi connectivity index (χ1) is 10.3. The van der Waals surface area contributed by atoms with Gasteiger partial charge in [0.2, 0.25) is 0 Å². The molecule has 112 valence electrons. The number of hydrogen-bond acceptors (Lipinski definition) is 6. The van der Waals surface area contributed by atoms with Crippen LogP contribution in [0.3, 0.4) is 0 Å². The molecule has 2 aromatic heterocycles. The van der Waals surface area contributed by atoms with Crippen molar-refractivity contribution >= 4 is 16.3 Å². The summed E-state index contributed by atoms with van der Waals surface area (Å²) < 4.78 is 12.9. The summed E-state index contributed by atoms with van der Waals surface area (Å²) in [5, 5.41) is 1.89. The van der Waals surface area contributed by atoms with Gasteiger partial charge in [-0.15, -0.1) is 11.3 Å². The Hall–Kier alpha value is -1.28. The van der Waals surface area contributed by atoms with Crippen LogP contribution in [0.15, 0.2) is 22.4 Å². The summed E-state index contributed by atoms with van der Waals surface area (Å²) in [7, 11) is 0. The molecule has 21 heavy (non-hydrogen) atoms. The number of thiazole rings is 1. The highest BCUT2D eigenvalue weighted by atomic mass is 32.1. The molecule has 0 bridgehead atoms. The topological polar surface area (TPSA) is 56.1 Å². The van der Waals surface area contributed by atoms with E-state index in [0.717, 1.165) is 30.2 Å². The Bertz CT molecular complexity index is 696. The number of aromatic nitrogens is 2. The average molecular weight is 307 g/mol. The van der Waals surface area contributed by atoms with Gasteiger partial charge in [0.15, 0.2) is 4.96 Å². The van der Waals surface area contributed by atoms with E-state index in [1.54, 1.807) is 16.7 Å². The van der Waals surface area contributed by atoms with Crippen LogP contribution in [0.1, 0.15) is 12.1 Å². The normalized spacial score (nSPS) is 26.9. The molecule has 0 aromatic carbocycles. The Balaban J connectivity index is 1.59. The van der Waals surface area contributed by atoms with E-state index in [9.17, 15) is 4.79 Å². The fourth-order valence-electron chi connectivity index (χ4n) is 3.14. The Labute approximate surface area is 125 Å². The Morgan fingerprint density at radius 1 is 1.43 bits per heavy atom. The Morgan fingerprint density at radius 2 is 2.38 bits per heavy atom.